The summed E-state index contributed by atoms with van der Waals surface area (Å²) in [6.45, 7) is 1.84. The summed E-state index contributed by atoms with van der Waals surface area (Å²) in [7, 11) is 3.08. The summed E-state index contributed by atoms with van der Waals surface area (Å²) < 4.78 is 12.5. The normalized spacial score (nSPS) is 16.7. The molecule has 2 aliphatic rings. The Kier molecular flexibility index (Phi) is 4.43. The fourth-order valence-corrected chi connectivity index (χ4v) is 4.54. The molecular weight excluding hydrogens is 388 g/mol. The highest BCUT2D eigenvalue weighted by Gasteiger charge is 2.32. The van der Waals surface area contributed by atoms with E-state index in [4.69, 9.17) is 21.1 Å². The minimum Gasteiger partial charge on any atom is -0.497 e. The predicted molar refractivity (Wildman–Crippen MR) is 115 cm³/mol. The number of halogens is 1. The Morgan fingerprint density at radius 1 is 1.10 bits per heavy atom. The third kappa shape index (κ3) is 3.14. The average Bonchev–Trinajstić information content (AvgIpc) is 3.48. The molecule has 1 saturated heterocycles. The zero-order valence-electron chi connectivity index (χ0n) is 16.5. The minimum atomic E-state index is -0.277. The van der Waals surface area contributed by atoms with Gasteiger partial charge in [-0.2, -0.15) is 0 Å². The van der Waals surface area contributed by atoms with Crippen molar-refractivity contribution < 1.29 is 14.3 Å². The second-order valence-corrected chi connectivity index (χ2v) is 8.27. The van der Waals surface area contributed by atoms with Crippen molar-refractivity contribution in [2.45, 2.75) is 24.8 Å². The van der Waals surface area contributed by atoms with E-state index in [2.05, 4.69) is 27.7 Å². The molecule has 6 heteroatoms. The Morgan fingerprint density at radius 2 is 1.90 bits per heavy atom. The third-order valence-electron chi connectivity index (χ3n) is 6.06. The molecule has 0 bridgehead atoms. The Balaban J connectivity index is 1.41. The lowest BCUT2D eigenvalue weighted by atomic mass is 9.90. The maximum absolute atomic E-state index is 12.2. The first-order valence-corrected chi connectivity index (χ1v) is 10.3. The predicted octanol–water partition coefficient (Wildman–Crippen LogP) is 5.03. The van der Waals surface area contributed by atoms with Crippen LogP contribution in [0.5, 0.6) is 5.75 Å². The van der Waals surface area contributed by atoms with Gasteiger partial charge in [-0.25, -0.2) is 4.79 Å². The number of nitrogens with zero attached hydrogens (tertiary/aromatic N) is 2. The van der Waals surface area contributed by atoms with Gasteiger partial charge in [-0.3, -0.25) is 0 Å². The van der Waals surface area contributed by atoms with Crippen LogP contribution in [0.4, 0.5) is 5.69 Å². The van der Waals surface area contributed by atoms with E-state index in [1.165, 1.54) is 18.4 Å². The number of benzene rings is 2. The number of fused-ring (bicyclic) bond motifs is 1. The number of hydrogen-bond donors (Lipinski definition) is 0. The van der Waals surface area contributed by atoms with Gasteiger partial charge in [-0.05, 0) is 48.7 Å². The van der Waals surface area contributed by atoms with Gasteiger partial charge in [0.15, 0.2) is 0 Å². The summed E-state index contributed by atoms with van der Waals surface area (Å²) in [4.78, 5) is 14.5. The van der Waals surface area contributed by atoms with Crippen LogP contribution in [-0.4, -0.2) is 37.8 Å². The molecule has 2 aromatic carbocycles. The summed E-state index contributed by atoms with van der Waals surface area (Å²) in [6, 6.07) is 12.7. The van der Waals surface area contributed by atoms with Crippen LogP contribution in [0.1, 0.15) is 40.7 Å². The number of anilines is 1. The number of aromatic nitrogens is 1. The first-order valence-electron chi connectivity index (χ1n) is 9.90. The van der Waals surface area contributed by atoms with Crippen LogP contribution < -0.4 is 9.64 Å². The summed E-state index contributed by atoms with van der Waals surface area (Å²) in [5, 5.41) is 1.72. The van der Waals surface area contributed by atoms with Gasteiger partial charge in [0.25, 0.3) is 0 Å². The number of carbonyl (C=O) groups is 1. The SMILES string of the molecule is COC(=O)c1cn(C2CC2)c2cc(N3CC(c4ccc(OC)cc4Cl)C3)ccc12. The standard InChI is InChI=1S/C23H23ClN2O3/c1-28-17-6-8-18(21(24)10-17)14-11-25(12-14)16-5-7-19-20(23(27)29-2)13-26(15-3-4-15)22(19)9-16/h5-10,13-15H,3-4,11-12H2,1-2H3. The molecule has 0 unspecified atom stereocenters. The Labute approximate surface area is 174 Å². The lowest BCUT2D eigenvalue weighted by molar-refractivity contribution is 0.0602. The fraction of sp³-hybridized carbons (Fsp3) is 0.348. The average molecular weight is 411 g/mol. The van der Waals surface area contributed by atoms with Crippen molar-refractivity contribution in [1.29, 1.82) is 0 Å². The van der Waals surface area contributed by atoms with Gasteiger partial charge in [0.1, 0.15) is 5.75 Å². The Hall–Kier alpha value is -2.66. The smallest absolute Gasteiger partial charge is 0.340 e. The van der Waals surface area contributed by atoms with Crippen molar-refractivity contribution >= 4 is 34.2 Å². The number of hydrogen-bond acceptors (Lipinski definition) is 4. The monoisotopic (exact) mass is 410 g/mol. The number of esters is 1. The minimum absolute atomic E-state index is 0.277. The second kappa shape index (κ2) is 6.99. The molecule has 5 rings (SSSR count). The van der Waals surface area contributed by atoms with Gasteiger partial charge in [0.2, 0.25) is 0 Å². The van der Waals surface area contributed by atoms with Gasteiger partial charge in [0, 0.05) is 47.3 Å². The molecule has 1 aliphatic heterocycles. The van der Waals surface area contributed by atoms with Gasteiger partial charge in [-0.15, -0.1) is 0 Å². The van der Waals surface area contributed by atoms with E-state index >= 15 is 0 Å². The maximum Gasteiger partial charge on any atom is 0.340 e. The van der Waals surface area contributed by atoms with Gasteiger partial charge in [0.05, 0.1) is 25.3 Å². The summed E-state index contributed by atoms with van der Waals surface area (Å²) in [5.41, 5.74) is 4.10. The van der Waals surface area contributed by atoms with E-state index in [1.807, 2.05) is 24.4 Å². The molecule has 0 amide bonds. The fourth-order valence-electron chi connectivity index (χ4n) is 4.22. The quantitative estimate of drug-likeness (QED) is 0.553. The molecule has 1 aliphatic carbocycles. The second-order valence-electron chi connectivity index (χ2n) is 7.86. The molecule has 0 atom stereocenters. The zero-order valence-corrected chi connectivity index (χ0v) is 17.3. The number of ether oxygens (including phenoxy) is 2. The van der Waals surface area contributed by atoms with Crippen LogP contribution in [0, 0.1) is 0 Å². The van der Waals surface area contributed by atoms with Crippen molar-refractivity contribution in [1.82, 2.24) is 4.57 Å². The van der Waals surface area contributed by atoms with Crippen LogP contribution in [0.25, 0.3) is 10.9 Å². The lowest BCUT2D eigenvalue weighted by Crippen LogP contribution is -2.45. The molecule has 29 heavy (non-hydrogen) atoms. The first-order chi connectivity index (χ1) is 14.1. The van der Waals surface area contributed by atoms with Crippen LogP contribution in [-0.2, 0) is 4.74 Å². The van der Waals surface area contributed by atoms with Crippen molar-refractivity contribution in [3.63, 3.8) is 0 Å². The van der Waals surface area contributed by atoms with E-state index < -0.39 is 0 Å². The topological polar surface area (TPSA) is 43.7 Å². The maximum atomic E-state index is 12.2. The van der Waals surface area contributed by atoms with Crippen molar-refractivity contribution in [2.24, 2.45) is 0 Å². The highest BCUT2D eigenvalue weighted by molar-refractivity contribution is 6.31. The van der Waals surface area contributed by atoms with Gasteiger partial charge < -0.3 is 18.9 Å². The molecule has 1 aromatic heterocycles. The van der Waals surface area contributed by atoms with E-state index in [9.17, 15) is 4.79 Å². The van der Waals surface area contributed by atoms with Crippen LogP contribution in [0.2, 0.25) is 5.02 Å². The third-order valence-corrected chi connectivity index (χ3v) is 6.38. The zero-order chi connectivity index (χ0) is 20.1. The van der Waals surface area contributed by atoms with Crippen molar-refractivity contribution in [2.75, 3.05) is 32.2 Å². The molecule has 5 nitrogen and oxygen atoms in total. The number of methoxy groups -OCH3 is 2. The molecule has 1 saturated carbocycles. The molecular formula is C23H23ClN2O3. The molecule has 150 valence electrons. The number of rotatable bonds is 5. The van der Waals surface area contributed by atoms with Crippen molar-refractivity contribution in [3.8, 4) is 5.75 Å². The van der Waals surface area contributed by atoms with E-state index in [1.54, 1.807) is 7.11 Å². The van der Waals surface area contributed by atoms with Crippen molar-refractivity contribution in [3.05, 3.63) is 58.7 Å². The Morgan fingerprint density at radius 3 is 2.55 bits per heavy atom. The summed E-state index contributed by atoms with van der Waals surface area (Å²) in [6.07, 6.45) is 4.28. The molecule has 3 aromatic rings. The first kappa shape index (κ1) is 18.4. The van der Waals surface area contributed by atoms with Crippen LogP contribution in [0.15, 0.2) is 42.6 Å². The lowest BCUT2D eigenvalue weighted by Gasteiger charge is -2.41. The Bertz CT molecular complexity index is 1100. The summed E-state index contributed by atoms with van der Waals surface area (Å²) in [5.74, 6) is 0.910. The summed E-state index contributed by atoms with van der Waals surface area (Å²) >= 11 is 6.45. The molecule has 0 spiro atoms. The highest BCUT2D eigenvalue weighted by atomic mass is 35.5. The van der Waals surface area contributed by atoms with E-state index in [0.717, 1.165) is 47.6 Å². The molecule has 2 fully saturated rings. The van der Waals surface area contributed by atoms with Gasteiger partial charge >= 0.3 is 5.97 Å². The van der Waals surface area contributed by atoms with Gasteiger partial charge in [-0.1, -0.05) is 17.7 Å². The largest absolute Gasteiger partial charge is 0.497 e. The van der Waals surface area contributed by atoms with E-state index in [-0.39, 0.29) is 5.97 Å². The van der Waals surface area contributed by atoms with Crippen LogP contribution >= 0.6 is 11.6 Å². The highest BCUT2D eigenvalue weighted by Crippen LogP contribution is 2.41. The van der Waals surface area contributed by atoms with Crippen LogP contribution in [0.3, 0.4) is 0 Å². The number of carbonyl (C=O) groups excluding carboxylic acids is 1. The van der Waals surface area contributed by atoms with E-state index in [0.29, 0.717) is 17.5 Å². The molecule has 0 radical (unpaired) electrons. The molecule has 2 heterocycles. The molecule has 0 N–H and O–H groups in total.